The molecule has 0 saturated carbocycles. The summed E-state index contributed by atoms with van der Waals surface area (Å²) in [5, 5.41) is 0.539. The first-order valence-corrected chi connectivity index (χ1v) is 5.18. The van der Waals surface area contributed by atoms with Gasteiger partial charge in [-0.3, -0.25) is 0 Å². The summed E-state index contributed by atoms with van der Waals surface area (Å²) in [5.41, 5.74) is 0.365. The molecule has 0 unspecified atom stereocenters. The second kappa shape index (κ2) is 4.53. The van der Waals surface area contributed by atoms with Gasteiger partial charge in [-0.1, -0.05) is 11.6 Å². The maximum absolute atomic E-state index is 11.6. The summed E-state index contributed by atoms with van der Waals surface area (Å²) in [4.78, 5) is 22.7. The molecule has 5 heteroatoms. The predicted octanol–water partition coefficient (Wildman–Crippen LogP) is 1.81. The minimum atomic E-state index is -0.775. The van der Waals surface area contributed by atoms with Gasteiger partial charge >= 0.3 is 11.9 Å². The Balaban J connectivity index is 2.02. The molecule has 1 heterocycles. The van der Waals surface area contributed by atoms with Gasteiger partial charge in [-0.2, -0.15) is 0 Å². The van der Waals surface area contributed by atoms with E-state index in [0.29, 0.717) is 23.6 Å². The summed E-state index contributed by atoms with van der Waals surface area (Å²) in [6.07, 6.45) is -0.360. The lowest BCUT2D eigenvalue weighted by Gasteiger charge is -2.07. The molecule has 0 aromatic heterocycles. The van der Waals surface area contributed by atoms with E-state index in [1.54, 1.807) is 24.3 Å². The van der Waals surface area contributed by atoms with Gasteiger partial charge in [-0.05, 0) is 24.3 Å². The molecule has 1 saturated heterocycles. The molecular weight excluding hydrogens is 232 g/mol. The third-order valence-electron chi connectivity index (χ3n) is 2.22. The van der Waals surface area contributed by atoms with Crippen LogP contribution < -0.4 is 0 Å². The van der Waals surface area contributed by atoms with Crippen molar-refractivity contribution in [2.45, 2.75) is 12.5 Å². The minimum Gasteiger partial charge on any atom is -0.463 e. The second-order valence-corrected chi connectivity index (χ2v) is 3.79. The molecule has 0 bridgehead atoms. The summed E-state index contributed by atoms with van der Waals surface area (Å²) in [6, 6.07) is 6.27. The molecule has 0 spiro atoms. The molecule has 16 heavy (non-hydrogen) atoms. The zero-order valence-electron chi connectivity index (χ0n) is 8.31. The number of hydrogen-bond acceptors (Lipinski definition) is 4. The highest BCUT2D eigenvalue weighted by Crippen LogP contribution is 2.15. The van der Waals surface area contributed by atoms with E-state index in [0.717, 1.165) is 0 Å². The molecule has 1 aromatic rings. The van der Waals surface area contributed by atoms with Crippen molar-refractivity contribution in [1.29, 1.82) is 0 Å². The lowest BCUT2D eigenvalue weighted by Crippen LogP contribution is -2.22. The Kier molecular flexibility index (Phi) is 3.10. The fourth-order valence-electron chi connectivity index (χ4n) is 1.37. The maximum atomic E-state index is 11.6. The molecule has 1 fully saturated rings. The standard InChI is InChI=1S/C11H9ClO4/c12-8-3-1-7(2-4-8)10(13)16-9-5-6-15-11(9)14/h1-4,9H,5-6H2/t9-/m1/s1. The molecule has 1 aliphatic rings. The van der Waals surface area contributed by atoms with Gasteiger partial charge in [0.1, 0.15) is 0 Å². The number of benzene rings is 1. The molecule has 1 aromatic carbocycles. The van der Waals surface area contributed by atoms with Crippen LogP contribution in [-0.2, 0) is 14.3 Å². The zero-order valence-corrected chi connectivity index (χ0v) is 9.07. The van der Waals surface area contributed by atoms with Crippen LogP contribution in [0.4, 0.5) is 0 Å². The molecule has 0 radical (unpaired) electrons. The van der Waals surface area contributed by atoms with Crippen LogP contribution in [0.15, 0.2) is 24.3 Å². The highest BCUT2D eigenvalue weighted by molar-refractivity contribution is 6.30. The average Bonchev–Trinajstić information content (AvgIpc) is 2.65. The predicted molar refractivity (Wildman–Crippen MR) is 56.2 cm³/mol. The Hall–Kier alpha value is -1.55. The normalized spacial score (nSPS) is 19.3. The quantitative estimate of drug-likeness (QED) is 0.740. The average molecular weight is 241 g/mol. The van der Waals surface area contributed by atoms with E-state index in [4.69, 9.17) is 16.3 Å². The van der Waals surface area contributed by atoms with E-state index in [9.17, 15) is 9.59 Å². The van der Waals surface area contributed by atoms with E-state index in [2.05, 4.69) is 4.74 Å². The van der Waals surface area contributed by atoms with E-state index in [1.165, 1.54) is 0 Å². The first-order chi connectivity index (χ1) is 7.66. The van der Waals surface area contributed by atoms with Crippen LogP contribution in [0.25, 0.3) is 0 Å². The number of carbonyl (C=O) groups excluding carboxylic acids is 2. The van der Waals surface area contributed by atoms with Gasteiger partial charge in [0.05, 0.1) is 12.2 Å². The lowest BCUT2D eigenvalue weighted by molar-refractivity contribution is -0.145. The summed E-state index contributed by atoms with van der Waals surface area (Å²) >= 11 is 5.68. The first-order valence-electron chi connectivity index (χ1n) is 4.80. The smallest absolute Gasteiger partial charge is 0.347 e. The van der Waals surface area contributed by atoms with Crippen LogP contribution in [-0.4, -0.2) is 24.6 Å². The van der Waals surface area contributed by atoms with Crippen LogP contribution in [0.1, 0.15) is 16.8 Å². The van der Waals surface area contributed by atoms with Gasteiger partial charge in [-0.25, -0.2) is 9.59 Å². The Morgan fingerprint density at radius 1 is 1.38 bits per heavy atom. The Morgan fingerprint density at radius 2 is 2.06 bits per heavy atom. The number of cyclic esters (lactones) is 1. The molecule has 1 atom stereocenters. The first kappa shape index (κ1) is 11.0. The number of esters is 2. The summed E-state index contributed by atoms with van der Waals surface area (Å²) in [6.45, 7) is 0.303. The van der Waals surface area contributed by atoms with Crippen molar-refractivity contribution >= 4 is 23.5 Å². The van der Waals surface area contributed by atoms with E-state index in [1.807, 2.05) is 0 Å². The van der Waals surface area contributed by atoms with Crippen LogP contribution in [0.2, 0.25) is 5.02 Å². The van der Waals surface area contributed by atoms with Crippen molar-refractivity contribution in [3.63, 3.8) is 0 Å². The van der Waals surface area contributed by atoms with Gasteiger partial charge in [-0.15, -0.1) is 0 Å². The van der Waals surface area contributed by atoms with Crippen molar-refractivity contribution in [2.24, 2.45) is 0 Å². The Morgan fingerprint density at radius 3 is 2.62 bits per heavy atom. The largest absolute Gasteiger partial charge is 0.463 e. The topological polar surface area (TPSA) is 52.6 Å². The van der Waals surface area contributed by atoms with Gasteiger partial charge in [0.15, 0.2) is 0 Å². The maximum Gasteiger partial charge on any atom is 0.347 e. The van der Waals surface area contributed by atoms with E-state index >= 15 is 0 Å². The summed E-state index contributed by atoms with van der Waals surface area (Å²) < 4.78 is 9.68. The molecule has 1 aliphatic heterocycles. The third kappa shape index (κ3) is 2.33. The van der Waals surface area contributed by atoms with E-state index < -0.39 is 18.0 Å². The van der Waals surface area contributed by atoms with Crippen molar-refractivity contribution in [1.82, 2.24) is 0 Å². The third-order valence-corrected chi connectivity index (χ3v) is 2.47. The summed E-state index contributed by atoms with van der Waals surface area (Å²) in [7, 11) is 0. The summed E-state index contributed by atoms with van der Waals surface area (Å²) in [5.74, 6) is -1.03. The van der Waals surface area contributed by atoms with Crippen LogP contribution in [0.3, 0.4) is 0 Å². The van der Waals surface area contributed by atoms with Crippen molar-refractivity contribution in [3.8, 4) is 0 Å². The molecule has 0 amide bonds. The molecule has 0 N–H and O–H groups in total. The molecule has 84 valence electrons. The monoisotopic (exact) mass is 240 g/mol. The fraction of sp³-hybridized carbons (Fsp3) is 0.273. The highest BCUT2D eigenvalue weighted by atomic mass is 35.5. The van der Waals surface area contributed by atoms with Crippen LogP contribution >= 0.6 is 11.6 Å². The van der Waals surface area contributed by atoms with Gasteiger partial charge in [0, 0.05) is 11.4 Å². The van der Waals surface area contributed by atoms with E-state index in [-0.39, 0.29) is 0 Å². The van der Waals surface area contributed by atoms with Crippen molar-refractivity contribution in [3.05, 3.63) is 34.9 Å². The van der Waals surface area contributed by atoms with Crippen molar-refractivity contribution < 1.29 is 19.1 Å². The molecule has 2 rings (SSSR count). The molecular formula is C11H9ClO4. The van der Waals surface area contributed by atoms with Crippen LogP contribution in [0.5, 0.6) is 0 Å². The van der Waals surface area contributed by atoms with Crippen molar-refractivity contribution in [2.75, 3.05) is 6.61 Å². The number of ether oxygens (including phenoxy) is 2. The minimum absolute atomic E-state index is 0.303. The molecule has 0 aliphatic carbocycles. The van der Waals surface area contributed by atoms with Gasteiger partial charge < -0.3 is 9.47 Å². The number of hydrogen-bond donors (Lipinski definition) is 0. The number of carbonyl (C=O) groups is 2. The molecule has 4 nitrogen and oxygen atoms in total. The lowest BCUT2D eigenvalue weighted by atomic mass is 10.2. The number of halogens is 1. The van der Waals surface area contributed by atoms with Gasteiger partial charge in [0.25, 0.3) is 0 Å². The zero-order chi connectivity index (χ0) is 11.5. The Labute approximate surface area is 97.1 Å². The van der Waals surface area contributed by atoms with Crippen LogP contribution in [0, 0.1) is 0 Å². The second-order valence-electron chi connectivity index (χ2n) is 3.36. The Bertz CT molecular complexity index is 412. The van der Waals surface area contributed by atoms with Gasteiger partial charge in [0.2, 0.25) is 6.10 Å². The fourth-order valence-corrected chi connectivity index (χ4v) is 1.49. The number of rotatable bonds is 2. The SMILES string of the molecule is O=C(O[C@@H]1CCOC1=O)c1ccc(Cl)cc1. The highest BCUT2D eigenvalue weighted by Gasteiger charge is 2.30.